The molecule has 0 aliphatic heterocycles. The first-order valence-electron chi connectivity index (χ1n) is 5.98. The van der Waals surface area contributed by atoms with Gasteiger partial charge in [0.25, 0.3) is 0 Å². The molecule has 0 rings (SSSR count). The minimum absolute atomic E-state index is 0.323. The van der Waals surface area contributed by atoms with Crippen LogP contribution in [0.2, 0.25) is 0 Å². The molecular formula is C14H24N2O2. The lowest BCUT2D eigenvalue weighted by atomic mass is 9.88. The van der Waals surface area contributed by atoms with E-state index in [0.717, 1.165) is 25.7 Å². The maximum atomic E-state index is 10.9. The number of carbonyl (C=O) groups is 2. The Morgan fingerprint density at radius 3 is 1.28 bits per heavy atom. The Morgan fingerprint density at radius 1 is 0.833 bits per heavy atom. The van der Waals surface area contributed by atoms with E-state index in [-0.39, 0.29) is 11.1 Å². The van der Waals surface area contributed by atoms with E-state index >= 15 is 0 Å². The van der Waals surface area contributed by atoms with E-state index in [1.807, 2.05) is 27.7 Å². The average Bonchev–Trinajstić information content (AvgIpc) is 2.29. The molecule has 0 aromatic carbocycles. The molecule has 2 amide bonds. The smallest absolute Gasteiger partial charge is 0.214 e. The monoisotopic (exact) mass is 252 g/mol. The van der Waals surface area contributed by atoms with Crippen LogP contribution in [-0.4, -0.2) is 33.7 Å². The summed E-state index contributed by atoms with van der Waals surface area (Å²) in [5.41, 5.74) is -0.646. The van der Waals surface area contributed by atoms with Crippen molar-refractivity contribution in [3.63, 3.8) is 0 Å². The zero-order valence-electron chi connectivity index (χ0n) is 11.8. The van der Waals surface area contributed by atoms with Gasteiger partial charge in [-0.2, -0.15) is 0 Å². The molecule has 0 unspecified atom stereocenters. The molecule has 0 heterocycles. The number of amides is 2. The summed E-state index contributed by atoms with van der Waals surface area (Å²) in [5.74, 6) is 0. The Hall–Kier alpha value is -1.58. The highest BCUT2D eigenvalue weighted by atomic mass is 16.1. The fourth-order valence-electron chi connectivity index (χ4n) is 1.74. The first-order chi connectivity index (χ1) is 8.25. The molecule has 102 valence electrons. The Kier molecular flexibility index (Phi) is 5.82. The highest BCUT2D eigenvalue weighted by Gasteiger charge is 2.30. The Morgan fingerprint density at radius 2 is 1.11 bits per heavy atom. The number of hydrogen-bond donors (Lipinski definition) is 0. The molecule has 4 heteroatoms. The molecule has 0 aromatic rings. The van der Waals surface area contributed by atoms with Crippen LogP contribution in [0.1, 0.15) is 40.5 Å². The van der Waals surface area contributed by atoms with Gasteiger partial charge in [0.05, 0.1) is 0 Å². The summed E-state index contributed by atoms with van der Waals surface area (Å²) >= 11 is 0. The van der Waals surface area contributed by atoms with E-state index in [2.05, 4.69) is 13.2 Å². The van der Waals surface area contributed by atoms with Crippen molar-refractivity contribution in [3.8, 4) is 0 Å². The summed E-state index contributed by atoms with van der Waals surface area (Å²) in [4.78, 5) is 24.9. The van der Waals surface area contributed by atoms with Crippen LogP contribution in [0, 0.1) is 0 Å². The van der Waals surface area contributed by atoms with Crippen LogP contribution >= 0.6 is 0 Å². The van der Waals surface area contributed by atoms with Crippen molar-refractivity contribution in [1.29, 1.82) is 0 Å². The maximum Gasteiger partial charge on any atom is 0.214 e. The van der Waals surface area contributed by atoms with Crippen LogP contribution in [0.5, 0.6) is 0 Å². The second-order valence-electron chi connectivity index (χ2n) is 5.52. The quantitative estimate of drug-likeness (QED) is 0.592. The van der Waals surface area contributed by atoms with Gasteiger partial charge in [-0.25, -0.2) is 0 Å². The van der Waals surface area contributed by atoms with E-state index in [1.54, 1.807) is 9.80 Å². The van der Waals surface area contributed by atoms with Crippen molar-refractivity contribution < 1.29 is 9.59 Å². The van der Waals surface area contributed by atoms with E-state index in [9.17, 15) is 9.59 Å². The van der Waals surface area contributed by atoms with Gasteiger partial charge in [0.2, 0.25) is 12.8 Å². The zero-order valence-corrected chi connectivity index (χ0v) is 11.8. The molecule has 0 atom stereocenters. The number of nitrogens with zero attached hydrogens (tertiary/aromatic N) is 2. The summed E-state index contributed by atoms with van der Waals surface area (Å²) in [7, 11) is 0. The number of rotatable bonds is 9. The van der Waals surface area contributed by atoms with Crippen molar-refractivity contribution >= 4 is 12.8 Å². The second-order valence-corrected chi connectivity index (χ2v) is 5.52. The van der Waals surface area contributed by atoms with Crippen molar-refractivity contribution in [2.45, 2.75) is 51.6 Å². The molecule has 18 heavy (non-hydrogen) atoms. The summed E-state index contributed by atoms with van der Waals surface area (Å²) in [6.07, 6.45) is 6.08. The van der Waals surface area contributed by atoms with Crippen LogP contribution in [0.3, 0.4) is 0 Å². The highest BCUT2D eigenvalue weighted by molar-refractivity contribution is 5.51. The summed E-state index contributed by atoms with van der Waals surface area (Å²) < 4.78 is 0. The Labute approximate surface area is 110 Å². The third kappa shape index (κ3) is 4.02. The van der Waals surface area contributed by atoms with Crippen LogP contribution in [0.4, 0.5) is 0 Å². The molecule has 0 aliphatic carbocycles. The average molecular weight is 252 g/mol. The fourth-order valence-corrected chi connectivity index (χ4v) is 1.74. The summed E-state index contributed by atoms with van der Waals surface area (Å²) in [6.45, 7) is 15.1. The standard InChI is InChI=1S/C14H24N2O2/c1-7-15(11-17)13(3,4)9-10-14(5,6)16(8-2)12-18/h7-8,11-12H,1-2,9-10H2,3-6H3. The van der Waals surface area contributed by atoms with Gasteiger partial charge in [0.1, 0.15) is 0 Å². The Bertz CT molecular complexity index is 274. The first kappa shape index (κ1) is 16.4. The SMILES string of the molecule is C=CN(C=O)C(C)(C)CCC(C)(C)N(C=C)C=O. The van der Waals surface area contributed by atoms with Crippen LogP contribution in [-0.2, 0) is 9.59 Å². The van der Waals surface area contributed by atoms with Crippen molar-refractivity contribution in [1.82, 2.24) is 9.80 Å². The van der Waals surface area contributed by atoms with E-state index in [4.69, 9.17) is 0 Å². The predicted octanol–water partition coefficient (Wildman–Crippen LogP) is 2.53. The van der Waals surface area contributed by atoms with Gasteiger partial charge in [-0.05, 0) is 52.9 Å². The fraction of sp³-hybridized carbons (Fsp3) is 0.571. The van der Waals surface area contributed by atoms with Gasteiger partial charge >= 0.3 is 0 Å². The van der Waals surface area contributed by atoms with E-state index in [0.29, 0.717) is 0 Å². The lowest BCUT2D eigenvalue weighted by Crippen LogP contribution is -2.44. The molecule has 0 saturated heterocycles. The van der Waals surface area contributed by atoms with Crippen molar-refractivity contribution in [3.05, 3.63) is 25.6 Å². The van der Waals surface area contributed by atoms with E-state index < -0.39 is 0 Å². The van der Waals surface area contributed by atoms with Crippen molar-refractivity contribution in [2.24, 2.45) is 0 Å². The van der Waals surface area contributed by atoms with Crippen LogP contribution < -0.4 is 0 Å². The van der Waals surface area contributed by atoms with Gasteiger partial charge in [-0.3, -0.25) is 9.59 Å². The molecule has 0 fully saturated rings. The topological polar surface area (TPSA) is 40.6 Å². The van der Waals surface area contributed by atoms with Crippen LogP contribution in [0.25, 0.3) is 0 Å². The normalized spacial score (nSPS) is 11.6. The molecule has 0 bridgehead atoms. The first-order valence-corrected chi connectivity index (χ1v) is 5.98. The molecule has 4 nitrogen and oxygen atoms in total. The highest BCUT2D eigenvalue weighted by Crippen LogP contribution is 2.27. The lowest BCUT2D eigenvalue weighted by Gasteiger charge is -2.39. The molecular weight excluding hydrogens is 228 g/mol. The number of hydrogen-bond acceptors (Lipinski definition) is 2. The predicted molar refractivity (Wildman–Crippen MR) is 73.6 cm³/mol. The van der Waals surface area contributed by atoms with Gasteiger partial charge in [-0.15, -0.1) is 0 Å². The van der Waals surface area contributed by atoms with Gasteiger partial charge in [0.15, 0.2) is 0 Å². The maximum absolute atomic E-state index is 10.9. The number of carbonyl (C=O) groups excluding carboxylic acids is 2. The van der Waals surface area contributed by atoms with E-state index in [1.165, 1.54) is 12.4 Å². The second kappa shape index (κ2) is 6.38. The molecule has 0 radical (unpaired) electrons. The lowest BCUT2D eigenvalue weighted by molar-refractivity contribution is -0.122. The third-order valence-electron chi connectivity index (χ3n) is 3.37. The summed E-state index contributed by atoms with van der Waals surface area (Å²) in [5, 5.41) is 0. The minimum Gasteiger partial charge on any atom is -0.317 e. The molecule has 0 aromatic heterocycles. The van der Waals surface area contributed by atoms with Gasteiger partial charge in [-0.1, -0.05) is 13.2 Å². The van der Waals surface area contributed by atoms with Crippen molar-refractivity contribution in [2.75, 3.05) is 0 Å². The molecule has 0 saturated carbocycles. The molecule has 0 aliphatic rings. The summed E-state index contributed by atoms with van der Waals surface area (Å²) in [6, 6.07) is 0. The van der Waals surface area contributed by atoms with Gasteiger partial charge in [0, 0.05) is 11.1 Å². The molecule has 0 N–H and O–H groups in total. The zero-order chi connectivity index (χ0) is 14.4. The van der Waals surface area contributed by atoms with Gasteiger partial charge < -0.3 is 9.80 Å². The largest absolute Gasteiger partial charge is 0.317 e. The Balaban J connectivity index is 4.73. The van der Waals surface area contributed by atoms with Crippen LogP contribution in [0.15, 0.2) is 25.6 Å². The third-order valence-corrected chi connectivity index (χ3v) is 3.37. The minimum atomic E-state index is -0.323. The molecule has 0 spiro atoms.